The van der Waals surface area contributed by atoms with Crippen LogP contribution in [-0.4, -0.2) is 22.7 Å². The van der Waals surface area contributed by atoms with Crippen molar-refractivity contribution in [3.8, 4) is 0 Å². The first-order valence-corrected chi connectivity index (χ1v) is 5.55. The molecule has 1 aliphatic heterocycles. The maximum absolute atomic E-state index is 12.1. The fraction of sp³-hybridized carbons (Fsp3) is 0.417. The van der Waals surface area contributed by atoms with Gasteiger partial charge in [-0.15, -0.1) is 0 Å². The van der Waals surface area contributed by atoms with Crippen LogP contribution in [0.2, 0.25) is 0 Å². The summed E-state index contributed by atoms with van der Waals surface area (Å²) in [6.07, 6.45) is 0. The van der Waals surface area contributed by atoms with E-state index in [-0.39, 0.29) is 6.54 Å². The third-order valence-corrected chi connectivity index (χ3v) is 2.92. The van der Waals surface area contributed by atoms with E-state index >= 15 is 0 Å². The van der Waals surface area contributed by atoms with Crippen LogP contribution in [0.1, 0.15) is 25.4 Å². The van der Waals surface area contributed by atoms with Gasteiger partial charge in [0.2, 0.25) is 11.8 Å². The number of furan rings is 1. The van der Waals surface area contributed by atoms with E-state index in [1.165, 1.54) is 13.8 Å². The summed E-state index contributed by atoms with van der Waals surface area (Å²) in [4.78, 5) is 36.2. The molecule has 0 unspecified atom stereocenters. The van der Waals surface area contributed by atoms with E-state index in [0.717, 1.165) is 4.90 Å². The van der Waals surface area contributed by atoms with Crippen LogP contribution in [0.5, 0.6) is 0 Å². The minimum absolute atomic E-state index is 0.0230. The molecule has 0 bridgehead atoms. The Bertz CT molecular complexity index is 530. The second kappa shape index (κ2) is 3.97. The van der Waals surface area contributed by atoms with Crippen LogP contribution >= 0.6 is 0 Å². The average molecular weight is 250 g/mol. The van der Waals surface area contributed by atoms with Gasteiger partial charge in [0.15, 0.2) is 0 Å². The second-order valence-electron chi connectivity index (χ2n) is 4.79. The van der Waals surface area contributed by atoms with Crippen LogP contribution < -0.4 is 5.32 Å². The van der Waals surface area contributed by atoms with Crippen LogP contribution in [0.4, 0.5) is 4.79 Å². The van der Waals surface area contributed by atoms with Crippen molar-refractivity contribution in [2.45, 2.75) is 27.3 Å². The molecule has 1 saturated heterocycles. The Morgan fingerprint density at radius 2 is 1.94 bits per heavy atom. The van der Waals surface area contributed by atoms with Gasteiger partial charge in [0, 0.05) is 0 Å². The van der Waals surface area contributed by atoms with Gasteiger partial charge in [-0.3, -0.25) is 19.8 Å². The highest BCUT2D eigenvalue weighted by atomic mass is 16.3. The minimum Gasteiger partial charge on any atom is -0.464 e. The van der Waals surface area contributed by atoms with Crippen LogP contribution in [0.25, 0.3) is 0 Å². The Hall–Kier alpha value is -2.11. The van der Waals surface area contributed by atoms with E-state index in [0.29, 0.717) is 11.5 Å². The average Bonchev–Trinajstić information content (AvgIpc) is 2.68. The van der Waals surface area contributed by atoms with E-state index in [2.05, 4.69) is 5.32 Å². The van der Waals surface area contributed by atoms with Gasteiger partial charge in [-0.2, -0.15) is 0 Å². The summed E-state index contributed by atoms with van der Waals surface area (Å²) in [5.41, 5.74) is -1.24. The molecule has 6 heteroatoms. The van der Waals surface area contributed by atoms with Gasteiger partial charge in [0.1, 0.15) is 16.9 Å². The third kappa shape index (κ3) is 1.90. The van der Waals surface area contributed by atoms with Gasteiger partial charge in [0.05, 0.1) is 6.54 Å². The Morgan fingerprint density at radius 1 is 1.28 bits per heavy atom. The van der Waals surface area contributed by atoms with Crippen molar-refractivity contribution in [1.29, 1.82) is 0 Å². The third-order valence-electron chi connectivity index (χ3n) is 2.92. The molecule has 0 aliphatic carbocycles. The van der Waals surface area contributed by atoms with Crippen LogP contribution in [-0.2, 0) is 16.1 Å². The number of carbonyl (C=O) groups is 3. The first-order valence-electron chi connectivity index (χ1n) is 5.55. The summed E-state index contributed by atoms with van der Waals surface area (Å²) in [5.74, 6) is 0.0982. The Kier molecular flexibility index (Phi) is 2.73. The van der Waals surface area contributed by atoms with Gasteiger partial charge in [-0.25, -0.2) is 4.79 Å². The van der Waals surface area contributed by atoms with E-state index < -0.39 is 23.3 Å². The molecule has 2 heterocycles. The molecule has 0 radical (unpaired) electrons. The molecule has 18 heavy (non-hydrogen) atoms. The number of hydrogen-bond acceptors (Lipinski definition) is 4. The summed E-state index contributed by atoms with van der Waals surface area (Å²) < 4.78 is 5.32. The number of aryl methyl sites for hydroxylation is 1. The van der Waals surface area contributed by atoms with Crippen molar-refractivity contribution in [3.63, 3.8) is 0 Å². The van der Waals surface area contributed by atoms with Gasteiger partial charge in [-0.05, 0) is 32.9 Å². The summed E-state index contributed by atoms with van der Waals surface area (Å²) in [6, 6.07) is 2.73. The first-order chi connectivity index (χ1) is 8.32. The minimum atomic E-state index is -1.24. The molecule has 1 aliphatic rings. The lowest BCUT2D eigenvalue weighted by molar-refractivity contribution is -0.149. The Labute approximate surface area is 104 Å². The molecule has 6 nitrogen and oxygen atoms in total. The number of imide groups is 2. The Morgan fingerprint density at radius 3 is 2.50 bits per heavy atom. The smallest absolute Gasteiger partial charge is 0.331 e. The zero-order valence-corrected chi connectivity index (χ0v) is 10.4. The number of rotatable bonds is 2. The molecular formula is C12H14N2O4. The van der Waals surface area contributed by atoms with Gasteiger partial charge < -0.3 is 4.42 Å². The molecule has 0 atom stereocenters. The normalized spacial score (nSPS) is 19.1. The molecule has 1 fully saturated rings. The van der Waals surface area contributed by atoms with E-state index in [1.807, 2.05) is 0 Å². The lowest BCUT2D eigenvalue weighted by Crippen LogP contribution is -2.61. The molecule has 1 aromatic rings. The SMILES string of the molecule is Cc1ccc(CN2C(=O)NC(=O)C(C)(C)C2=O)o1. The fourth-order valence-corrected chi connectivity index (χ4v) is 1.72. The standard InChI is InChI=1S/C12H14N2O4/c1-7-4-5-8(18-7)6-14-10(16)12(2,3)9(15)13-11(14)17/h4-5H,6H2,1-3H3,(H,13,15,17). The summed E-state index contributed by atoms with van der Waals surface area (Å²) in [5, 5.41) is 2.16. The number of urea groups is 1. The quantitative estimate of drug-likeness (QED) is 0.799. The highest BCUT2D eigenvalue weighted by molar-refractivity contribution is 6.18. The molecular weight excluding hydrogens is 236 g/mol. The van der Waals surface area contributed by atoms with Crippen LogP contribution in [0.15, 0.2) is 16.5 Å². The molecule has 1 N–H and O–H groups in total. The van der Waals surface area contributed by atoms with E-state index in [4.69, 9.17) is 4.42 Å². The molecule has 0 aromatic carbocycles. The Balaban J connectivity index is 2.24. The maximum Gasteiger partial charge on any atom is 0.331 e. The van der Waals surface area contributed by atoms with Gasteiger partial charge in [0.25, 0.3) is 0 Å². The summed E-state index contributed by atoms with van der Waals surface area (Å²) in [6.45, 7) is 4.76. The van der Waals surface area contributed by atoms with Gasteiger partial charge >= 0.3 is 6.03 Å². The largest absolute Gasteiger partial charge is 0.464 e. The van der Waals surface area contributed by atoms with Crippen molar-refractivity contribution in [3.05, 3.63) is 23.7 Å². The van der Waals surface area contributed by atoms with Crippen molar-refractivity contribution in [2.24, 2.45) is 5.41 Å². The van der Waals surface area contributed by atoms with Crippen molar-refractivity contribution < 1.29 is 18.8 Å². The zero-order valence-electron chi connectivity index (χ0n) is 10.4. The second-order valence-corrected chi connectivity index (χ2v) is 4.79. The maximum atomic E-state index is 12.1. The molecule has 4 amide bonds. The highest BCUT2D eigenvalue weighted by Crippen LogP contribution is 2.25. The summed E-state index contributed by atoms with van der Waals surface area (Å²) >= 11 is 0. The lowest BCUT2D eigenvalue weighted by Gasteiger charge is -2.34. The first kappa shape index (κ1) is 12.3. The molecule has 0 saturated carbocycles. The molecule has 1 aromatic heterocycles. The fourth-order valence-electron chi connectivity index (χ4n) is 1.72. The predicted octanol–water partition coefficient (Wildman–Crippen LogP) is 1.19. The number of amides is 4. The number of hydrogen-bond donors (Lipinski definition) is 1. The van der Waals surface area contributed by atoms with Crippen LogP contribution in [0, 0.1) is 12.3 Å². The van der Waals surface area contributed by atoms with Crippen LogP contribution in [0.3, 0.4) is 0 Å². The zero-order chi connectivity index (χ0) is 13.5. The van der Waals surface area contributed by atoms with E-state index in [1.54, 1.807) is 19.1 Å². The van der Waals surface area contributed by atoms with Crippen molar-refractivity contribution in [1.82, 2.24) is 10.2 Å². The monoisotopic (exact) mass is 250 g/mol. The highest BCUT2D eigenvalue weighted by Gasteiger charge is 2.47. The molecule has 96 valence electrons. The molecule has 2 rings (SSSR count). The van der Waals surface area contributed by atoms with Gasteiger partial charge in [-0.1, -0.05) is 0 Å². The van der Waals surface area contributed by atoms with Crippen molar-refractivity contribution in [2.75, 3.05) is 0 Å². The summed E-state index contributed by atoms with van der Waals surface area (Å²) in [7, 11) is 0. The lowest BCUT2D eigenvalue weighted by atomic mass is 9.89. The molecule has 0 spiro atoms. The predicted molar refractivity (Wildman–Crippen MR) is 61.3 cm³/mol. The number of barbiturate groups is 1. The number of nitrogens with zero attached hydrogens (tertiary/aromatic N) is 1. The number of nitrogens with one attached hydrogen (secondary N) is 1. The van der Waals surface area contributed by atoms with Crippen molar-refractivity contribution >= 4 is 17.8 Å². The number of carbonyl (C=O) groups excluding carboxylic acids is 3. The topological polar surface area (TPSA) is 79.6 Å². The van der Waals surface area contributed by atoms with E-state index in [9.17, 15) is 14.4 Å².